The molecule has 0 saturated carbocycles. The minimum atomic E-state index is 0.0956. The molecule has 0 aliphatic rings. The van der Waals surface area contributed by atoms with E-state index in [4.69, 9.17) is 9.47 Å². The molecule has 0 radical (unpaired) electrons. The van der Waals surface area contributed by atoms with Crippen molar-refractivity contribution >= 4 is 0 Å². The van der Waals surface area contributed by atoms with Gasteiger partial charge in [-0.2, -0.15) is 0 Å². The summed E-state index contributed by atoms with van der Waals surface area (Å²) >= 11 is 0. The molecule has 114 valence electrons. The molecule has 0 amide bonds. The average molecular weight is 279 g/mol. The van der Waals surface area contributed by atoms with E-state index in [9.17, 15) is 0 Å². The maximum Gasteiger partial charge on any atom is 0.0950 e. The van der Waals surface area contributed by atoms with E-state index in [2.05, 4.69) is 57.3 Å². The molecule has 0 bridgehead atoms. The standard InChI is InChI=1S/C17H29NO2/c1-5-18-12-17(16-8-6-15(4)7-9-16)20-11-10-19-13-14(2)3/h6-9,14,17-18H,5,10-13H2,1-4H3. The highest BCUT2D eigenvalue weighted by atomic mass is 16.5. The zero-order valence-electron chi connectivity index (χ0n) is 13.3. The van der Waals surface area contributed by atoms with Gasteiger partial charge in [0.05, 0.1) is 19.3 Å². The molecule has 0 aliphatic heterocycles. The molecule has 1 N–H and O–H groups in total. The molecule has 1 rings (SSSR count). The van der Waals surface area contributed by atoms with E-state index in [1.165, 1.54) is 11.1 Å². The van der Waals surface area contributed by atoms with Gasteiger partial charge in [-0.15, -0.1) is 0 Å². The fraction of sp³-hybridized carbons (Fsp3) is 0.647. The lowest BCUT2D eigenvalue weighted by molar-refractivity contribution is -0.00113. The van der Waals surface area contributed by atoms with Crippen LogP contribution in [0.25, 0.3) is 0 Å². The van der Waals surface area contributed by atoms with Crippen LogP contribution in [-0.2, 0) is 9.47 Å². The Hall–Kier alpha value is -0.900. The fourth-order valence-corrected chi connectivity index (χ4v) is 1.90. The summed E-state index contributed by atoms with van der Waals surface area (Å²) < 4.78 is 11.5. The summed E-state index contributed by atoms with van der Waals surface area (Å²) in [4.78, 5) is 0. The Morgan fingerprint density at radius 2 is 1.80 bits per heavy atom. The van der Waals surface area contributed by atoms with Crippen LogP contribution in [0.4, 0.5) is 0 Å². The molecule has 1 atom stereocenters. The van der Waals surface area contributed by atoms with E-state index >= 15 is 0 Å². The summed E-state index contributed by atoms with van der Waals surface area (Å²) in [5, 5.41) is 3.35. The predicted octanol–water partition coefficient (Wildman–Crippen LogP) is 3.33. The van der Waals surface area contributed by atoms with Crippen LogP contribution < -0.4 is 5.32 Å². The normalized spacial score (nSPS) is 12.8. The SMILES string of the molecule is CCNCC(OCCOCC(C)C)c1ccc(C)cc1. The van der Waals surface area contributed by atoms with Crippen molar-refractivity contribution in [3.05, 3.63) is 35.4 Å². The molecule has 1 unspecified atom stereocenters. The van der Waals surface area contributed by atoms with Crippen molar-refractivity contribution in [3.8, 4) is 0 Å². The number of aryl methyl sites for hydroxylation is 1. The largest absolute Gasteiger partial charge is 0.379 e. The second kappa shape index (κ2) is 9.92. The van der Waals surface area contributed by atoms with Gasteiger partial charge in [-0.05, 0) is 24.9 Å². The first-order valence-corrected chi connectivity index (χ1v) is 7.60. The summed E-state index contributed by atoms with van der Waals surface area (Å²) in [6, 6.07) is 8.55. The van der Waals surface area contributed by atoms with Gasteiger partial charge in [0.15, 0.2) is 0 Å². The van der Waals surface area contributed by atoms with E-state index < -0.39 is 0 Å². The molecule has 0 spiro atoms. The van der Waals surface area contributed by atoms with Crippen LogP contribution >= 0.6 is 0 Å². The number of likely N-dealkylation sites (N-methyl/N-ethyl adjacent to an activating group) is 1. The van der Waals surface area contributed by atoms with E-state index in [0.29, 0.717) is 19.1 Å². The first kappa shape index (κ1) is 17.2. The smallest absolute Gasteiger partial charge is 0.0950 e. The van der Waals surface area contributed by atoms with Crippen molar-refractivity contribution < 1.29 is 9.47 Å². The van der Waals surface area contributed by atoms with Gasteiger partial charge in [0.1, 0.15) is 0 Å². The number of benzene rings is 1. The monoisotopic (exact) mass is 279 g/mol. The summed E-state index contributed by atoms with van der Waals surface area (Å²) in [5.74, 6) is 0.574. The Bertz CT molecular complexity index is 349. The number of nitrogens with one attached hydrogen (secondary N) is 1. The van der Waals surface area contributed by atoms with Gasteiger partial charge in [-0.25, -0.2) is 0 Å². The highest BCUT2D eigenvalue weighted by Crippen LogP contribution is 2.17. The van der Waals surface area contributed by atoms with Gasteiger partial charge >= 0.3 is 0 Å². The molecule has 20 heavy (non-hydrogen) atoms. The Labute approximate surface area is 123 Å². The predicted molar refractivity (Wildman–Crippen MR) is 84.1 cm³/mol. The van der Waals surface area contributed by atoms with Crippen LogP contribution in [0, 0.1) is 12.8 Å². The van der Waals surface area contributed by atoms with Gasteiger partial charge in [0.2, 0.25) is 0 Å². The van der Waals surface area contributed by atoms with Gasteiger partial charge in [0, 0.05) is 13.2 Å². The lowest BCUT2D eigenvalue weighted by atomic mass is 10.1. The number of hydrogen-bond acceptors (Lipinski definition) is 3. The summed E-state index contributed by atoms with van der Waals surface area (Å²) in [7, 11) is 0. The zero-order valence-corrected chi connectivity index (χ0v) is 13.3. The van der Waals surface area contributed by atoms with E-state index in [1.54, 1.807) is 0 Å². The molecule has 0 saturated heterocycles. The highest BCUT2D eigenvalue weighted by Gasteiger charge is 2.11. The Balaban J connectivity index is 2.41. The second-order valence-corrected chi connectivity index (χ2v) is 5.55. The average Bonchev–Trinajstić information content (AvgIpc) is 2.42. The van der Waals surface area contributed by atoms with Crippen molar-refractivity contribution in [1.29, 1.82) is 0 Å². The van der Waals surface area contributed by atoms with E-state index in [1.807, 2.05) is 0 Å². The Kier molecular flexibility index (Phi) is 8.51. The topological polar surface area (TPSA) is 30.5 Å². The minimum Gasteiger partial charge on any atom is -0.379 e. The van der Waals surface area contributed by atoms with Crippen molar-refractivity contribution in [1.82, 2.24) is 5.32 Å². The van der Waals surface area contributed by atoms with Crippen LogP contribution in [-0.4, -0.2) is 32.9 Å². The Morgan fingerprint density at radius 1 is 1.10 bits per heavy atom. The molecule has 0 heterocycles. The molecule has 3 heteroatoms. The second-order valence-electron chi connectivity index (χ2n) is 5.55. The highest BCUT2D eigenvalue weighted by molar-refractivity contribution is 5.23. The zero-order chi connectivity index (χ0) is 14.8. The molecular formula is C17H29NO2. The fourth-order valence-electron chi connectivity index (χ4n) is 1.90. The van der Waals surface area contributed by atoms with E-state index in [0.717, 1.165) is 19.7 Å². The van der Waals surface area contributed by atoms with Gasteiger partial charge in [-0.3, -0.25) is 0 Å². The third-order valence-electron chi connectivity index (χ3n) is 3.03. The van der Waals surface area contributed by atoms with Crippen molar-refractivity contribution in [2.24, 2.45) is 5.92 Å². The van der Waals surface area contributed by atoms with Gasteiger partial charge in [0.25, 0.3) is 0 Å². The van der Waals surface area contributed by atoms with E-state index in [-0.39, 0.29) is 6.10 Å². The van der Waals surface area contributed by atoms with Crippen molar-refractivity contribution in [2.75, 3.05) is 32.9 Å². The first-order valence-electron chi connectivity index (χ1n) is 7.60. The molecule has 0 aromatic heterocycles. The molecule has 1 aromatic carbocycles. The molecule has 1 aromatic rings. The molecule has 3 nitrogen and oxygen atoms in total. The van der Waals surface area contributed by atoms with Gasteiger partial charge in [-0.1, -0.05) is 50.6 Å². The number of rotatable bonds is 10. The van der Waals surface area contributed by atoms with Crippen molar-refractivity contribution in [2.45, 2.75) is 33.8 Å². The third-order valence-corrected chi connectivity index (χ3v) is 3.03. The summed E-state index contributed by atoms with van der Waals surface area (Å²) in [6.07, 6.45) is 0.0956. The lowest BCUT2D eigenvalue weighted by Crippen LogP contribution is -2.24. The number of ether oxygens (including phenoxy) is 2. The summed E-state index contributed by atoms with van der Waals surface area (Å²) in [5.41, 5.74) is 2.50. The maximum absolute atomic E-state index is 5.96. The molecule has 0 aliphatic carbocycles. The maximum atomic E-state index is 5.96. The first-order chi connectivity index (χ1) is 9.63. The minimum absolute atomic E-state index is 0.0956. The lowest BCUT2D eigenvalue weighted by Gasteiger charge is -2.19. The van der Waals surface area contributed by atoms with Crippen LogP contribution in [0.3, 0.4) is 0 Å². The van der Waals surface area contributed by atoms with Crippen molar-refractivity contribution in [3.63, 3.8) is 0 Å². The third kappa shape index (κ3) is 7.04. The molecule has 0 fully saturated rings. The number of hydrogen-bond donors (Lipinski definition) is 1. The molecular weight excluding hydrogens is 250 g/mol. The van der Waals surface area contributed by atoms with Crippen LogP contribution in [0.5, 0.6) is 0 Å². The van der Waals surface area contributed by atoms with Crippen LogP contribution in [0.1, 0.15) is 38.0 Å². The Morgan fingerprint density at radius 3 is 2.40 bits per heavy atom. The van der Waals surface area contributed by atoms with Crippen LogP contribution in [0.15, 0.2) is 24.3 Å². The van der Waals surface area contributed by atoms with Gasteiger partial charge < -0.3 is 14.8 Å². The quantitative estimate of drug-likeness (QED) is 0.666. The summed E-state index contributed by atoms with van der Waals surface area (Å²) in [6.45, 7) is 12.4. The van der Waals surface area contributed by atoms with Crippen LogP contribution in [0.2, 0.25) is 0 Å².